The van der Waals surface area contributed by atoms with Crippen molar-refractivity contribution >= 4 is 5.91 Å². The molecular weight excluding hydrogens is 302 g/mol. The van der Waals surface area contributed by atoms with E-state index >= 15 is 0 Å². The van der Waals surface area contributed by atoms with E-state index in [1.165, 1.54) is 18.4 Å². The Kier molecular flexibility index (Phi) is 4.78. The molecule has 0 bridgehead atoms. The first-order chi connectivity index (χ1) is 11.8. The van der Waals surface area contributed by atoms with Gasteiger partial charge in [0.25, 0.3) is 0 Å². The molecule has 0 spiro atoms. The van der Waals surface area contributed by atoms with E-state index in [0.717, 1.165) is 52.4 Å². The molecule has 3 aliphatic heterocycles. The SMILES string of the molecule is O=C1NCCN2CCN(C3CCN(Cc4cccnc4)CC3)C[C@H]12. The Labute approximate surface area is 143 Å². The van der Waals surface area contributed by atoms with Gasteiger partial charge < -0.3 is 5.32 Å². The summed E-state index contributed by atoms with van der Waals surface area (Å²) in [6.07, 6.45) is 6.20. The van der Waals surface area contributed by atoms with E-state index < -0.39 is 0 Å². The number of carbonyl (C=O) groups excluding carboxylic acids is 1. The molecule has 24 heavy (non-hydrogen) atoms. The van der Waals surface area contributed by atoms with Crippen LogP contribution in [0.2, 0.25) is 0 Å². The van der Waals surface area contributed by atoms with Gasteiger partial charge in [0.1, 0.15) is 6.04 Å². The van der Waals surface area contributed by atoms with Gasteiger partial charge in [-0.05, 0) is 37.6 Å². The minimum atomic E-state index is 0.0703. The minimum absolute atomic E-state index is 0.0703. The molecule has 1 atom stereocenters. The standard InChI is InChI=1S/C18H27N5O/c24-18-17-14-23(11-10-22(17)9-6-20-18)16-3-7-21(8-4-16)13-15-2-1-5-19-12-15/h1-2,5,12,16-17H,3-4,6-11,13-14H2,(H,20,24)/t17-/m1/s1. The number of pyridine rings is 1. The Bertz CT molecular complexity index is 558. The van der Waals surface area contributed by atoms with Crippen LogP contribution in [-0.4, -0.2) is 83.5 Å². The Morgan fingerprint density at radius 1 is 1.12 bits per heavy atom. The molecule has 130 valence electrons. The number of amides is 1. The molecule has 4 heterocycles. The lowest BCUT2D eigenvalue weighted by Gasteiger charge is -2.47. The third-order valence-corrected chi connectivity index (χ3v) is 5.73. The van der Waals surface area contributed by atoms with Crippen molar-refractivity contribution in [3.8, 4) is 0 Å². The Morgan fingerprint density at radius 2 is 1.96 bits per heavy atom. The lowest BCUT2D eigenvalue weighted by molar-refractivity contribution is -0.132. The van der Waals surface area contributed by atoms with Crippen molar-refractivity contribution in [2.24, 2.45) is 0 Å². The van der Waals surface area contributed by atoms with Crippen LogP contribution in [0.15, 0.2) is 24.5 Å². The summed E-state index contributed by atoms with van der Waals surface area (Å²) in [6.45, 7) is 8.13. The van der Waals surface area contributed by atoms with Gasteiger partial charge in [-0.15, -0.1) is 0 Å². The second kappa shape index (κ2) is 7.17. The number of carbonyl (C=O) groups is 1. The van der Waals surface area contributed by atoms with Crippen LogP contribution in [0.3, 0.4) is 0 Å². The van der Waals surface area contributed by atoms with E-state index in [0.29, 0.717) is 6.04 Å². The average molecular weight is 329 g/mol. The molecule has 1 amide bonds. The molecule has 0 aliphatic carbocycles. The van der Waals surface area contributed by atoms with Crippen LogP contribution in [0.5, 0.6) is 0 Å². The van der Waals surface area contributed by atoms with Crippen LogP contribution >= 0.6 is 0 Å². The highest BCUT2D eigenvalue weighted by Gasteiger charge is 2.37. The molecule has 1 aromatic heterocycles. The van der Waals surface area contributed by atoms with Gasteiger partial charge in [0.15, 0.2) is 0 Å². The lowest BCUT2D eigenvalue weighted by atomic mass is 9.99. The number of hydrogen-bond acceptors (Lipinski definition) is 5. The smallest absolute Gasteiger partial charge is 0.238 e. The summed E-state index contributed by atoms with van der Waals surface area (Å²) in [5.41, 5.74) is 1.29. The van der Waals surface area contributed by atoms with Crippen molar-refractivity contribution in [2.75, 3.05) is 45.8 Å². The second-order valence-electron chi connectivity index (χ2n) is 7.21. The molecule has 0 saturated carbocycles. The number of nitrogens with zero attached hydrogens (tertiary/aromatic N) is 4. The summed E-state index contributed by atoms with van der Waals surface area (Å²) in [6, 6.07) is 4.87. The molecule has 1 N–H and O–H groups in total. The second-order valence-corrected chi connectivity index (χ2v) is 7.21. The monoisotopic (exact) mass is 329 g/mol. The van der Waals surface area contributed by atoms with Gasteiger partial charge in [-0.25, -0.2) is 0 Å². The third-order valence-electron chi connectivity index (χ3n) is 5.73. The zero-order valence-electron chi connectivity index (χ0n) is 14.2. The van der Waals surface area contributed by atoms with Crippen molar-refractivity contribution in [3.63, 3.8) is 0 Å². The number of nitrogens with one attached hydrogen (secondary N) is 1. The van der Waals surface area contributed by atoms with Gasteiger partial charge >= 0.3 is 0 Å². The van der Waals surface area contributed by atoms with Crippen LogP contribution in [0.25, 0.3) is 0 Å². The van der Waals surface area contributed by atoms with E-state index in [9.17, 15) is 4.79 Å². The Morgan fingerprint density at radius 3 is 2.75 bits per heavy atom. The molecule has 0 aromatic carbocycles. The highest BCUT2D eigenvalue weighted by molar-refractivity contribution is 5.82. The summed E-state index contributed by atoms with van der Waals surface area (Å²) in [7, 11) is 0. The maximum Gasteiger partial charge on any atom is 0.238 e. The predicted octanol–water partition coefficient (Wildman–Crippen LogP) is 0.162. The Balaban J connectivity index is 1.29. The minimum Gasteiger partial charge on any atom is -0.353 e. The fourth-order valence-electron chi connectivity index (χ4n) is 4.32. The maximum absolute atomic E-state index is 12.1. The van der Waals surface area contributed by atoms with Crippen LogP contribution < -0.4 is 5.32 Å². The molecule has 0 radical (unpaired) electrons. The zero-order valence-corrected chi connectivity index (χ0v) is 14.2. The highest BCUT2D eigenvalue weighted by atomic mass is 16.2. The first-order valence-corrected chi connectivity index (χ1v) is 9.17. The highest BCUT2D eigenvalue weighted by Crippen LogP contribution is 2.22. The summed E-state index contributed by atoms with van der Waals surface area (Å²) in [5.74, 6) is 0.222. The van der Waals surface area contributed by atoms with Gasteiger partial charge in [-0.3, -0.25) is 24.5 Å². The van der Waals surface area contributed by atoms with Gasteiger partial charge in [-0.2, -0.15) is 0 Å². The number of aromatic nitrogens is 1. The molecule has 6 heteroatoms. The van der Waals surface area contributed by atoms with E-state index in [-0.39, 0.29) is 11.9 Å². The third kappa shape index (κ3) is 3.45. The van der Waals surface area contributed by atoms with E-state index in [1.807, 2.05) is 18.5 Å². The van der Waals surface area contributed by atoms with Crippen LogP contribution in [0.1, 0.15) is 18.4 Å². The summed E-state index contributed by atoms with van der Waals surface area (Å²) >= 11 is 0. The van der Waals surface area contributed by atoms with Crippen molar-refractivity contribution in [1.29, 1.82) is 0 Å². The molecule has 3 fully saturated rings. The molecule has 3 aliphatic rings. The molecule has 6 nitrogen and oxygen atoms in total. The van der Waals surface area contributed by atoms with Gasteiger partial charge in [0.05, 0.1) is 0 Å². The molecule has 1 aromatic rings. The molecular formula is C18H27N5O. The molecule has 0 unspecified atom stereocenters. The largest absolute Gasteiger partial charge is 0.353 e. The van der Waals surface area contributed by atoms with Gasteiger partial charge in [0.2, 0.25) is 5.91 Å². The van der Waals surface area contributed by atoms with E-state index in [4.69, 9.17) is 0 Å². The number of piperazine rings is 2. The molecule has 4 rings (SSSR count). The van der Waals surface area contributed by atoms with Crippen molar-refractivity contribution in [1.82, 2.24) is 25.0 Å². The number of hydrogen-bond donors (Lipinski definition) is 1. The Hall–Kier alpha value is -1.50. The summed E-state index contributed by atoms with van der Waals surface area (Å²) < 4.78 is 0. The average Bonchev–Trinajstić information content (AvgIpc) is 2.63. The predicted molar refractivity (Wildman–Crippen MR) is 92.5 cm³/mol. The first kappa shape index (κ1) is 16.0. The number of piperidine rings is 1. The summed E-state index contributed by atoms with van der Waals surface area (Å²) in [5, 5.41) is 3.02. The van der Waals surface area contributed by atoms with Crippen LogP contribution in [-0.2, 0) is 11.3 Å². The number of fused-ring (bicyclic) bond motifs is 1. The quantitative estimate of drug-likeness (QED) is 0.856. The van der Waals surface area contributed by atoms with Crippen LogP contribution in [0, 0.1) is 0 Å². The van der Waals surface area contributed by atoms with Crippen molar-refractivity contribution in [3.05, 3.63) is 30.1 Å². The summed E-state index contributed by atoms with van der Waals surface area (Å²) in [4.78, 5) is 23.8. The topological polar surface area (TPSA) is 51.7 Å². The maximum atomic E-state index is 12.1. The zero-order chi connectivity index (χ0) is 16.4. The fraction of sp³-hybridized carbons (Fsp3) is 0.667. The first-order valence-electron chi connectivity index (χ1n) is 9.17. The normalized spacial score (nSPS) is 27.7. The van der Waals surface area contributed by atoms with Crippen LogP contribution in [0.4, 0.5) is 0 Å². The number of likely N-dealkylation sites (tertiary alicyclic amines) is 1. The molecule has 3 saturated heterocycles. The van der Waals surface area contributed by atoms with Gasteiger partial charge in [0, 0.05) is 57.7 Å². The van der Waals surface area contributed by atoms with E-state index in [1.54, 1.807) is 0 Å². The van der Waals surface area contributed by atoms with Crippen molar-refractivity contribution in [2.45, 2.75) is 31.5 Å². The lowest BCUT2D eigenvalue weighted by Crippen LogP contribution is -2.65. The van der Waals surface area contributed by atoms with Crippen molar-refractivity contribution < 1.29 is 4.79 Å². The van der Waals surface area contributed by atoms with Gasteiger partial charge in [-0.1, -0.05) is 6.07 Å². The van der Waals surface area contributed by atoms with E-state index in [2.05, 4.69) is 31.1 Å². The number of rotatable bonds is 3. The fourth-order valence-corrected chi connectivity index (χ4v) is 4.32.